The van der Waals surface area contributed by atoms with Crippen molar-refractivity contribution in [2.24, 2.45) is 5.73 Å². The average Bonchev–Trinajstić information content (AvgIpc) is 2.95. The van der Waals surface area contributed by atoms with Crippen molar-refractivity contribution in [2.45, 2.75) is 39.7 Å². The van der Waals surface area contributed by atoms with E-state index in [0.717, 1.165) is 17.1 Å². The van der Waals surface area contributed by atoms with Crippen molar-refractivity contribution in [3.8, 4) is 0 Å². The number of aryl methyl sites for hydroxylation is 2. The van der Waals surface area contributed by atoms with Gasteiger partial charge in [0.1, 0.15) is 11.5 Å². The quantitative estimate of drug-likeness (QED) is 0.572. The molecule has 2 aromatic heterocycles. The van der Waals surface area contributed by atoms with Gasteiger partial charge in [0.2, 0.25) is 5.91 Å². The van der Waals surface area contributed by atoms with E-state index in [1.165, 1.54) is 0 Å². The Hall–Kier alpha value is -3.50. The van der Waals surface area contributed by atoms with Crippen LogP contribution in [0.25, 0.3) is 0 Å². The Morgan fingerprint density at radius 2 is 1.97 bits per heavy atom. The molecule has 0 saturated heterocycles. The number of amides is 2. The van der Waals surface area contributed by atoms with E-state index < -0.39 is 5.91 Å². The molecule has 0 atom stereocenters. The third kappa shape index (κ3) is 5.50. The molecule has 0 spiro atoms. The zero-order chi connectivity index (χ0) is 21.6. The number of H-pyrrole nitrogens is 1. The second kappa shape index (κ2) is 9.62. The lowest BCUT2D eigenvalue weighted by Crippen LogP contribution is -2.34. The van der Waals surface area contributed by atoms with E-state index in [-0.39, 0.29) is 23.8 Å². The second-order valence-corrected chi connectivity index (χ2v) is 6.57. The number of primary amides is 1. The van der Waals surface area contributed by atoms with E-state index in [2.05, 4.69) is 15.0 Å². The number of hydrogen-bond donors (Lipinski definition) is 3. The first-order valence-corrected chi connectivity index (χ1v) is 9.04. The van der Waals surface area contributed by atoms with Crippen molar-refractivity contribution in [1.29, 1.82) is 0 Å². The first kappa shape index (κ1) is 21.8. The molecular formula is C18H24N6O5. The maximum atomic E-state index is 12.6. The summed E-state index contributed by atoms with van der Waals surface area (Å²) in [5, 5.41) is 6.89. The van der Waals surface area contributed by atoms with Gasteiger partial charge < -0.3 is 25.3 Å². The van der Waals surface area contributed by atoms with Crippen LogP contribution in [-0.2, 0) is 29.0 Å². The molecule has 0 aromatic carbocycles. The number of hydrogen-bond acceptors (Lipinski definition) is 6. The van der Waals surface area contributed by atoms with Gasteiger partial charge >= 0.3 is 5.69 Å². The molecule has 0 bridgehead atoms. The third-order valence-corrected chi connectivity index (χ3v) is 4.72. The smallest absolute Gasteiger partial charge is 0.345 e. The highest BCUT2D eigenvalue weighted by Gasteiger charge is 2.21. The highest BCUT2D eigenvalue weighted by molar-refractivity contribution is 5.90. The zero-order valence-corrected chi connectivity index (χ0v) is 16.3. The summed E-state index contributed by atoms with van der Waals surface area (Å²) in [6.45, 7) is 5.04. The lowest BCUT2D eigenvalue weighted by molar-refractivity contribution is -0.131. The SMILES string of the molecule is Cc1nc(=O)[nH]c(C)c1CCC(=O)N1CCc2nc(C(N)=O)cn2CC1.O=CO. The largest absolute Gasteiger partial charge is 0.483 e. The van der Waals surface area contributed by atoms with Crippen LogP contribution in [0.5, 0.6) is 0 Å². The summed E-state index contributed by atoms with van der Waals surface area (Å²) in [5.74, 6) is 0.278. The van der Waals surface area contributed by atoms with Crippen molar-refractivity contribution in [2.75, 3.05) is 13.1 Å². The summed E-state index contributed by atoms with van der Waals surface area (Å²) in [6, 6.07) is 0. The number of carboxylic acid groups (broad SMARTS) is 1. The topological polar surface area (TPSA) is 164 Å². The van der Waals surface area contributed by atoms with E-state index in [1.807, 2.05) is 16.4 Å². The van der Waals surface area contributed by atoms with Crippen LogP contribution in [0, 0.1) is 13.8 Å². The van der Waals surface area contributed by atoms with Gasteiger partial charge in [0.05, 0.1) is 0 Å². The standard InChI is InChI=1S/C17H22N6O3.CH2O2/c1-10-12(11(2)20-17(26)19-10)3-4-15(24)22-6-5-14-21-13(16(18)25)9-23(14)8-7-22;2-1-3/h9H,3-8H2,1-2H3,(H2,18,25)(H,19,20,26);1H,(H,2,3). The Morgan fingerprint density at radius 3 is 2.59 bits per heavy atom. The molecule has 0 radical (unpaired) electrons. The van der Waals surface area contributed by atoms with Gasteiger partial charge in [-0.1, -0.05) is 0 Å². The maximum Gasteiger partial charge on any atom is 0.345 e. The number of carbonyl (C=O) groups is 3. The Labute approximate surface area is 166 Å². The minimum Gasteiger partial charge on any atom is -0.483 e. The van der Waals surface area contributed by atoms with Gasteiger partial charge in [0, 0.05) is 50.1 Å². The van der Waals surface area contributed by atoms with Crippen LogP contribution in [0.15, 0.2) is 11.0 Å². The number of imidazole rings is 1. The van der Waals surface area contributed by atoms with Gasteiger partial charge in [-0.3, -0.25) is 14.4 Å². The van der Waals surface area contributed by atoms with E-state index in [0.29, 0.717) is 44.6 Å². The van der Waals surface area contributed by atoms with Crippen LogP contribution in [0.2, 0.25) is 0 Å². The van der Waals surface area contributed by atoms with Gasteiger partial charge in [0.25, 0.3) is 12.4 Å². The first-order chi connectivity index (χ1) is 13.8. The highest BCUT2D eigenvalue weighted by atomic mass is 16.3. The Balaban J connectivity index is 0.000000941. The molecule has 0 saturated carbocycles. The van der Waals surface area contributed by atoms with Gasteiger partial charge in [-0.05, 0) is 25.8 Å². The molecular weight excluding hydrogens is 380 g/mol. The summed E-state index contributed by atoms with van der Waals surface area (Å²) in [4.78, 5) is 56.2. The number of aromatic nitrogens is 4. The van der Waals surface area contributed by atoms with E-state index >= 15 is 0 Å². The predicted molar refractivity (Wildman–Crippen MR) is 102 cm³/mol. The summed E-state index contributed by atoms with van der Waals surface area (Å²) in [6.07, 6.45) is 3.11. The van der Waals surface area contributed by atoms with E-state index in [9.17, 15) is 14.4 Å². The number of fused-ring (bicyclic) bond motifs is 1. The Morgan fingerprint density at radius 1 is 1.28 bits per heavy atom. The molecule has 156 valence electrons. The summed E-state index contributed by atoms with van der Waals surface area (Å²) in [7, 11) is 0. The number of rotatable bonds is 4. The van der Waals surface area contributed by atoms with Crippen molar-refractivity contribution < 1.29 is 19.5 Å². The average molecular weight is 404 g/mol. The molecule has 29 heavy (non-hydrogen) atoms. The van der Waals surface area contributed by atoms with Gasteiger partial charge in [0.15, 0.2) is 0 Å². The highest BCUT2D eigenvalue weighted by Crippen LogP contribution is 2.14. The van der Waals surface area contributed by atoms with Crippen molar-refractivity contribution in [3.05, 3.63) is 45.2 Å². The number of nitrogens with one attached hydrogen (secondary N) is 1. The summed E-state index contributed by atoms with van der Waals surface area (Å²) < 4.78 is 1.88. The fraction of sp³-hybridized carbons (Fsp3) is 0.444. The monoisotopic (exact) mass is 404 g/mol. The molecule has 1 aliphatic rings. The number of aromatic amines is 1. The molecule has 2 aromatic rings. The van der Waals surface area contributed by atoms with Gasteiger partial charge in [-0.2, -0.15) is 4.98 Å². The van der Waals surface area contributed by atoms with Crippen LogP contribution < -0.4 is 11.4 Å². The van der Waals surface area contributed by atoms with E-state index in [4.69, 9.17) is 15.6 Å². The lowest BCUT2D eigenvalue weighted by atomic mass is 10.1. The minimum absolute atomic E-state index is 0.0517. The fourth-order valence-corrected chi connectivity index (χ4v) is 3.30. The predicted octanol–water partition coefficient (Wildman–Crippen LogP) is -0.600. The van der Waals surface area contributed by atoms with Crippen molar-refractivity contribution in [1.82, 2.24) is 24.4 Å². The number of nitrogens with zero attached hydrogens (tertiary/aromatic N) is 4. The Kier molecular flexibility index (Phi) is 7.23. The number of carbonyl (C=O) groups excluding carboxylic acids is 2. The molecule has 11 nitrogen and oxygen atoms in total. The van der Waals surface area contributed by atoms with Crippen LogP contribution in [0.4, 0.5) is 0 Å². The molecule has 11 heteroatoms. The second-order valence-electron chi connectivity index (χ2n) is 6.57. The molecule has 0 aliphatic carbocycles. The molecule has 3 heterocycles. The third-order valence-electron chi connectivity index (χ3n) is 4.72. The van der Waals surface area contributed by atoms with Crippen LogP contribution in [-0.4, -0.2) is 60.9 Å². The van der Waals surface area contributed by atoms with Gasteiger partial charge in [-0.25, -0.2) is 9.78 Å². The molecule has 2 amide bonds. The van der Waals surface area contributed by atoms with Crippen LogP contribution in [0.3, 0.4) is 0 Å². The maximum absolute atomic E-state index is 12.6. The normalized spacial score (nSPS) is 13.0. The lowest BCUT2D eigenvalue weighted by Gasteiger charge is -2.20. The van der Waals surface area contributed by atoms with Crippen LogP contribution in [0.1, 0.15) is 39.7 Å². The van der Waals surface area contributed by atoms with Crippen LogP contribution >= 0.6 is 0 Å². The molecule has 3 rings (SSSR count). The van der Waals surface area contributed by atoms with Crippen molar-refractivity contribution >= 4 is 18.3 Å². The minimum atomic E-state index is -0.543. The molecule has 0 unspecified atom stereocenters. The summed E-state index contributed by atoms with van der Waals surface area (Å²) in [5.41, 5.74) is 7.48. The van der Waals surface area contributed by atoms with Gasteiger partial charge in [-0.15, -0.1) is 0 Å². The Bertz CT molecular complexity index is 912. The molecule has 1 aliphatic heterocycles. The molecule has 0 fully saturated rings. The number of nitrogens with two attached hydrogens (primary N) is 1. The van der Waals surface area contributed by atoms with Crippen molar-refractivity contribution in [3.63, 3.8) is 0 Å². The fourth-order valence-electron chi connectivity index (χ4n) is 3.30. The first-order valence-electron chi connectivity index (χ1n) is 9.04. The molecule has 4 N–H and O–H groups in total. The summed E-state index contributed by atoms with van der Waals surface area (Å²) >= 11 is 0. The zero-order valence-electron chi connectivity index (χ0n) is 16.3. The van der Waals surface area contributed by atoms with E-state index in [1.54, 1.807) is 13.1 Å².